The maximum absolute atomic E-state index is 13.7. The highest BCUT2D eigenvalue weighted by atomic mass is 16.6. The van der Waals surface area contributed by atoms with Gasteiger partial charge >= 0.3 is 6.09 Å². The van der Waals surface area contributed by atoms with Crippen molar-refractivity contribution in [3.05, 3.63) is 59.7 Å². The van der Waals surface area contributed by atoms with E-state index in [4.69, 9.17) is 23.7 Å². The molecule has 0 aromatic heterocycles. The Labute approximate surface area is 309 Å². The number of ether oxygens (including phenoxy) is 5. The van der Waals surface area contributed by atoms with Gasteiger partial charge in [0, 0.05) is 25.2 Å². The van der Waals surface area contributed by atoms with E-state index in [2.05, 4.69) is 13.2 Å². The number of benzene rings is 2. The lowest BCUT2D eigenvalue weighted by molar-refractivity contribution is -0.109. The van der Waals surface area contributed by atoms with Gasteiger partial charge < -0.3 is 38.6 Å². The van der Waals surface area contributed by atoms with Crippen LogP contribution in [0.2, 0.25) is 0 Å². The van der Waals surface area contributed by atoms with Crippen molar-refractivity contribution in [3.8, 4) is 23.0 Å². The minimum absolute atomic E-state index is 0.209. The number of unbranched alkanes of at least 4 members (excludes halogenated alkanes) is 2. The largest absolute Gasteiger partial charge is 0.493 e. The van der Waals surface area contributed by atoms with E-state index in [0.29, 0.717) is 92.6 Å². The van der Waals surface area contributed by atoms with Crippen LogP contribution in [0.25, 0.3) is 0 Å². The summed E-state index contributed by atoms with van der Waals surface area (Å²) in [7, 11) is 2.97. The molecule has 2 saturated heterocycles. The van der Waals surface area contributed by atoms with Gasteiger partial charge in [-0.15, -0.1) is 0 Å². The molecule has 14 heteroatoms. The molecule has 0 radical (unpaired) electrons. The molecule has 4 aliphatic rings. The number of methoxy groups -OCH3 is 2. The Bertz CT molecular complexity index is 1820. The van der Waals surface area contributed by atoms with E-state index in [1.54, 1.807) is 49.9 Å². The Morgan fingerprint density at radius 3 is 1.96 bits per heavy atom. The van der Waals surface area contributed by atoms with Gasteiger partial charge in [-0.3, -0.25) is 24.2 Å². The van der Waals surface area contributed by atoms with Gasteiger partial charge in [0.2, 0.25) is 6.41 Å². The third-order valence-electron chi connectivity index (χ3n) is 9.82. The van der Waals surface area contributed by atoms with Gasteiger partial charge in [-0.25, -0.2) is 4.79 Å². The fraction of sp³-hybridized carbons (Fsp3) is 0.487. The molecule has 0 spiro atoms. The van der Waals surface area contributed by atoms with Crippen LogP contribution in [0, 0.1) is 0 Å². The summed E-state index contributed by atoms with van der Waals surface area (Å²) >= 11 is 0. The van der Waals surface area contributed by atoms with Crippen LogP contribution in [-0.2, 0) is 9.53 Å². The van der Waals surface area contributed by atoms with Crippen LogP contribution in [0.1, 0.15) is 73.6 Å². The average Bonchev–Trinajstić information content (AvgIpc) is 3.65. The maximum atomic E-state index is 13.7. The van der Waals surface area contributed by atoms with E-state index in [-0.39, 0.29) is 35.7 Å². The molecular formula is C39H48N4O10. The molecule has 0 bridgehead atoms. The number of aliphatic hydroxyl groups is 1. The second-order valence-corrected chi connectivity index (χ2v) is 14.8. The predicted octanol–water partition coefficient (Wildman–Crippen LogP) is 4.92. The lowest BCUT2D eigenvalue weighted by atomic mass is 10.1. The molecule has 14 nitrogen and oxygen atoms in total. The van der Waals surface area contributed by atoms with Gasteiger partial charge in [-0.05, 0) is 65.0 Å². The number of hydrogen-bond acceptors (Lipinski definition) is 10. The third kappa shape index (κ3) is 7.50. The Morgan fingerprint density at radius 2 is 1.38 bits per heavy atom. The van der Waals surface area contributed by atoms with E-state index in [9.17, 15) is 24.3 Å². The quantitative estimate of drug-likeness (QED) is 0.192. The second-order valence-electron chi connectivity index (χ2n) is 14.8. The molecule has 2 aromatic carbocycles. The topological polar surface area (TPSA) is 148 Å². The van der Waals surface area contributed by atoms with Gasteiger partial charge in [0.05, 0.1) is 68.6 Å². The van der Waals surface area contributed by atoms with Crippen LogP contribution >= 0.6 is 0 Å². The number of hydrogen-bond donors (Lipinski definition) is 1. The highest BCUT2D eigenvalue weighted by molar-refractivity contribution is 6.06. The molecule has 1 N–H and O–H groups in total. The fourth-order valence-electron chi connectivity index (χ4n) is 7.32. The standard InChI is InChI=1S/C39H48N4O10/c1-23-13-25-21-42(38(48)53-39(3,4)5)28-17-33(31(49-6)15-26(28)35(45)40(25)19-23)51-11-9-8-10-12-52-34-18-29-27(16-32(34)50-7)36(46)41-20-24(2)14-30(41)37(47)43(29)22-44/h15-18,22,25,30,37,47H,1-2,8-14,19-21H2,3-7H3. The number of fused-ring (bicyclic) bond motifs is 4. The summed E-state index contributed by atoms with van der Waals surface area (Å²) in [6.07, 6.45) is 1.74. The average molecular weight is 733 g/mol. The SMILES string of the molecule is C=C1CC2CN(C(=O)OC(C)(C)C)c3cc(OCCCCCOc4cc5c(cc4OC)C(=O)N4CC(=C)CC4C(O)N5C=O)c(OC)cc3C(=O)N2C1. The zero-order valence-corrected chi connectivity index (χ0v) is 31.0. The van der Waals surface area contributed by atoms with Crippen molar-refractivity contribution in [2.24, 2.45) is 0 Å². The third-order valence-corrected chi connectivity index (χ3v) is 9.82. The molecule has 0 saturated carbocycles. The molecular weight excluding hydrogens is 684 g/mol. The van der Waals surface area contributed by atoms with E-state index in [1.165, 1.54) is 24.0 Å². The number of aliphatic hydroxyl groups excluding tert-OH is 1. The summed E-state index contributed by atoms with van der Waals surface area (Å²) in [5.41, 5.74) is 2.19. The molecule has 3 atom stereocenters. The minimum atomic E-state index is -1.24. The van der Waals surface area contributed by atoms with Gasteiger partial charge in [-0.2, -0.15) is 0 Å². The Morgan fingerprint density at radius 1 is 0.830 bits per heavy atom. The first-order valence-corrected chi connectivity index (χ1v) is 17.8. The lowest BCUT2D eigenvalue weighted by Crippen LogP contribution is -2.48. The zero-order chi connectivity index (χ0) is 38.2. The molecule has 0 aliphatic carbocycles. The van der Waals surface area contributed by atoms with Gasteiger partial charge in [-0.1, -0.05) is 24.3 Å². The van der Waals surface area contributed by atoms with Crippen molar-refractivity contribution in [2.75, 3.05) is 56.9 Å². The van der Waals surface area contributed by atoms with Crippen molar-refractivity contribution < 1.29 is 48.0 Å². The van der Waals surface area contributed by atoms with Crippen LogP contribution in [0.15, 0.2) is 48.6 Å². The van der Waals surface area contributed by atoms with Gasteiger partial charge in [0.15, 0.2) is 29.2 Å². The first-order chi connectivity index (χ1) is 25.2. The van der Waals surface area contributed by atoms with Crippen molar-refractivity contribution >= 4 is 35.7 Å². The molecule has 4 heterocycles. The summed E-state index contributed by atoms with van der Waals surface area (Å²) in [5.74, 6) is 0.903. The van der Waals surface area contributed by atoms with Crippen LogP contribution < -0.4 is 28.7 Å². The summed E-state index contributed by atoms with van der Waals surface area (Å²) in [4.78, 5) is 58.8. The Balaban J connectivity index is 1.10. The highest BCUT2D eigenvalue weighted by Crippen LogP contribution is 2.42. The van der Waals surface area contributed by atoms with Crippen molar-refractivity contribution in [1.82, 2.24) is 9.80 Å². The van der Waals surface area contributed by atoms with Gasteiger partial charge in [0.25, 0.3) is 11.8 Å². The van der Waals surface area contributed by atoms with Crippen LogP contribution in [0.4, 0.5) is 16.2 Å². The number of anilines is 2. The number of amides is 4. The van der Waals surface area contributed by atoms with Crippen LogP contribution in [0.5, 0.6) is 23.0 Å². The molecule has 4 amide bonds. The van der Waals surface area contributed by atoms with E-state index in [0.717, 1.165) is 22.5 Å². The molecule has 3 unspecified atom stereocenters. The van der Waals surface area contributed by atoms with Crippen LogP contribution in [-0.4, -0.2) is 110 Å². The smallest absolute Gasteiger partial charge is 0.414 e. The summed E-state index contributed by atoms with van der Waals surface area (Å²) < 4.78 is 29.1. The Kier molecular flexibility index (Phi) is 10.6. The number of carbonyl (C=O) groups excluding carboxylic acids is 4. The van der Waals surface area contributed by atoms with Crippen molar-refractivity contribution in [1.29, 1.82) is 0 Å². The predicted molar refractivity (Wildman–Crippen MR) is 196 cm³/mol. The highest BCUT2D eigenvalue weighted by Gasteiger charge is 2.44. The fourth-order valence-corrected chi connectivity index (χ4v) is 7.32. The number of nitrogens with zero attached hydrogens (tertiary/aromatic N) is 4. The minimum Gasteiger partial charge on any atom is -0.493 e. The molecule has 6 rings (SSSR count). The second kappa shape index (κ2) is 15.0. The molecule has 4 aliphatic heterocycles. The van der Waals surface area contributed by atoms with Crippen molar-refractivity contribution in [2.45, 2.75) is 76.8 Å². The summed E-state index contributed by atoms with van der Waals surface area (Å²) in [5, 5.41) is 11.1. The Hall–Kier alpha value is -5.24. The number of rotatable bonds is 11. The monoisotopic (exact) mass is 732 g/mol. The number of carbonyl (C=O) groups is 4. The van der Waals surface area contributed by atoms with Crippen molar-refractivity contribution in [3.63, 3.8) is 0 Å². The molecule has 284 valence electrons. The molecule has 2 aromatic rings. The molecule has 53 heavy (non-hydrogen) atoms. The summed E-state index contributed by atoms with van der Waals surface area (Å²) in [6, 6.07) is 5.56. The van der Waals surface area contributed by atoms with E-state index >= 15 is 0 Å². The first-order valence-electron chi connectivity index (χ1n) is 17.8. The zero-order valence-electron chi connectivity index (χ0n) is 31.0. The maximum Gasteiger partial charge on any atom is 0.414 e. The normalized spacial score (nSPS) is 21.0. The van der Waals surface area contributed by atoms with E-state index in [1.807, 2.05) is 0 Å². The lowest BCUT2D eigenvalue weighted by Gasteiger charge is -2.29. The van der Waals surface area contributed by atoms with E-state index < -0.39 is 24.0 Å². The molecule has 2 fully saturated rings. The summed E-state index contributed by atoms with van der Waals surface area (Å²) in [6.45, 7) is 15.0. The van der Waals surface area contributed by atoms with Gasteiger partial charge in [0.1, 0.15) is 5.60 Å². The first kappa shape index (κ1) is 37.5. The van der Waals surface area contributed by atoms with Crippen LogP contribution in [0.3, 0.4) is 0 Å².